The first kappa shape index (κ1) is 18.3. The van der Waals surface area contributed by atoms with E-state index in [2.05, 4.69) is 50.4 Å². The van der Waals surface area contributed by atoms with Gasteiger partial charge in [-0.3, -0.25) is 4.79 Å². The van der Waals surface area contributed by atoms with Crippen LogP contribution in [0.25, 0.3) is 11.1 Å². The number of hydrogen-bond donors (Lipinski definition) is 1. The SMILES string of the molecule is CCCNC(=O)c1cc2oc(C)cc2n1Cc1ccc(C(C)(C)C)cc1. The molecule has 26 heavy (non-hydrogen) atoms. The van der Waals surface area contributed by atoms with Crippen LogP contribution in [-0.2, 0) is 12.0 Å². The van der Waals surface area contributed by atoms with Crippen molar-refractivity contribution in [1.29, 1.82) is 0 Å². The van der Waals surface area contributed by atoms with Gasteiger partial charge in [0.05, 0.1) is 5.52 Å². The Balaban J connectivity index is 1.95. The van der Waals surface area contributed by atoms with E-state index in [-0.39, 0.29) is 11.3 Å². The van der Waals surface area contributed by atoms with Gasteiger partial charge < -0.3 is 14.3 Å². The first-order valence-corrected chi connectivity index (χ1v) is 9.27. The van der Waals surface area contributed by atoms with Crippen LogP contribution in [-0.4, -0.2) is 17.0 Å². The van der Waals surface area contributed by atoms with Gasteiger partial charge in [-0.2, -0.15) is 0 Å². The Labute approximate surface area is 155 Å². The van der Waals surface area contributed by atoms with Crippen LogP contribution in [0, 0.1) is 6.92 Å². The summed E-state index contributed by atoms with van der Waals surface area (Å²) in [6, 6.07) is 12.5. The zero-order valence-corrected chi connectivity index (χ0v) is 16.3. The molecule has 0 saturated heterocycles. The zero-order valence-electron chi connectivity index (χ0n) is 16.3. The van der Waals surface area contributed by atoms with Crippen molar-refractivity contribution in [1.82, 2.24) is 9.88 Å². The summed E-state index contributed by atoms with van der Waals surface area (Å²) in [5.41, 5.74) is 4.97. The van der Waals surface area contributed by atoms with E-state index in [1.807, 2.05) is 30.5 Å². The highest BCUT2D eigenvalue weighted by molar-refractivity contribution is 5.97. The van der Waals surface area contributed by atoms with Crippen LogP contribution in [0.1, 0.15) is 61.5 Å². The lowest BCUT2D eigenvalue weighted by Gasteiger charge is -2.19. The van der Waals surface area contributed by atoms with E-state index in [9.17, 15) is 4.79 Å². The van der Waals surface area contributed by atoms with Gasteiger partial charge in [0.1, 0.15) is 11.5 Å². The fraction of sp³-hybridized carbons (Fsp3) is 0.409. The number of carbonyl (C=O) groups excluding carboxylic acids is 1. The first-order chi connectivity index (χ1) is 12.3. The van der Waals surface area contributed by atoms with Crippen molar-refractivity contribution in [3.05, 3.63) is 59.0 Å². The number of benzene rings is 1. The van der Waals surface area contributed by atoms with Crippen molar-refractivity contribution < 1.29 is 9.21 Å². The predicted octanol–water partition coefficient (Wildman–Crippen LogP) is 5.03. The lowest BCUT2D eigenvalue weighted by molar-refractivity contribution is 0.0945. The van der Waals surface area contributed by atoms with Crippen molar-refractivity contribution in [2.45, 2.75) is 53.0 Å². The van der Waals surface area contributed by atoms with Crippen molar-refractivity contribution in [3.8, 4) is 0 Å². The van der Waals surface area contributed by atoms with Crippen LogP contribution in [0.2, 0.25) is 0 Å². The maximum atomic E-state index is 12.6. The smallest absolute Gasteiger partial charge is 0.268 e. The topological polar surface area (TPSA) is 47.2 Å². The zero-order chi connectivity index (χ0) is 18.9. The Kier molecular flexibility index (Phi) is 4.94. The molecule has 1 aromatic carbocycles. The van der Waals surface area contributed by atoms with Crippen LogP contribution < -0.4 is 5.32 Å². The Hall–Kier alpha value is -2.49. The average molecular weight is 352 g/mol. The van der Waals surface area contributed by atoms with E-state index < -0.39 is 0 Å². The number of nitrogens with zero attached hydrogens (tertiary/aromatic N) is 1. The highest BCUT2D eigenvalue weighted by Crippen LogP contribution is 2.26. The third-order valence-corrected chi connectivity index (χ3v) is 4.64. The maximum absolute atomic E-state index is 12.6. The van der Waals surface area contributed by atoms with Gasteiger partial charge in [-0.05, 0) is 29.9 Å². The molecular weight excluding hydrogens is 324 g/mol. The normalized spacial score (nSPS) is 11.9. The van der Waals surface area contributed by atoms with Crippen molar-refractivity contribution in [3.63, 3.8) is 0 Å². The molecular formula is C22H28N2O2. The molecule has 1 N–H and O–H groups in total. The molecule has 3 rings (SSSR count). The second kappa shape index (κ2) is 7.02. The number of aromatic nitrogens is 1. The summed E-state index contributed by atoms with van der Waals surface area (Å²) in [6.45, 7) is 11.9. The van der Waals surface area contributed by atoms with Gasteiger partial charge in [0.25, 0.3) is 5.91 Å². The van der Waals surface area contributed by atoms with Crippen LogP contribution in [0.4, 0.5) is 0 Å². The summed E-state index contributed by atoms with van der Waals surface area (Å²) in [4.78, 5) is 12.6. The van der Waals surface area contributed by atoms with Crippen LogP contribution in [0.5, 0.6) is 0 Å². The molecule has 138 valence electrons. The third-order valence-electron chi connectivity index (χ3n) is 4.64. The molecule has 0 radical (unpaired) electrons. The second-order valence-corrected chi connectivity index (χ2v) is 7.93. The van der Waals surface area contributed by atoms with E-state index in [1.54, 1.807) is 0 Å². The monoisotopic (exact) mass is 352 g/mol. The fourth-order valence-electron chi connectivity index (χ4n) is 3.15. The molecule has 0 unspecified atom stereocenters. The molecule has 1 amide bonds. The molecule has 0 aliphatic carbocycles. The summed E-state index contributed by atoms with van der Waals surface area (Å²) >= 11 is 0. The van der Waals surface area contributed by atoms with Gasteiger partial charge in [-0.1, -0.05) is 52.0 Å². The minimum Gasteiger partial charge on any atom is -0.460 e. The molecule has 4 nitrogen and oxygen atoms in total. The summed E-state index contributed by atoms with van der Waals surface area (Å²) in [5.74, 6) is 0.801. The number of nitrogens with one attached hydrogen (secondary N) is 1. The van der Waals surface area contributed by atoms with Gasteiger partial charge in [0.15, 0.2) is 5.58 Å². The van der Waals surface area contributed by atoms with E-state index in [0.29, 0.717) is 18.8 Å². The number of rotatable bonds is 5. The standard InChI is InChI=1S/C22H28N2O2/c1-6-11-23-21(25)19-13-20-18(12-15(2)26-20)24(19)14-16-7-9-17(10-8-16)22(3,4)5/h7-10,12-13H,6,11,14H2,1-5H3,(H,23,25). The third kappa shape index (κ3) is 3.69. The van der Waals surface area contributed by atoms with Crippen LogP contribution >= 0.6 is 0 Å². The lowest BCUT2D eigenvalue weighted by Crippen LogP contribution is -2.26. The molecule has 0 aliphatic rings. The molecule has 0 bridgehead atoms. The maximum Gasteiger partial charge on any atom is 0.268 e. The van der Waals surface area contributed by atoms with Gasteiger partial charge in [-0.25, -0.2) is 0 Å². The molecule has 3 aromatic rings. The minimum atomic E-state index is -0.0535. The minimum absolute atomic E-state index is 0.0535. The highest BCUT2D eigenvalue weighted by atomic mass is 16.3. The largest absolute Gasteiger partial charge is 0.460 e. The Morgan fingerprint density at radius 3 is 2.46 bits per heavy atom. The molecule has 0 saturated carbocycles. The molecule has 0 atom stereocenters. The summed E-state index contributed by atoms with van der Waals surface area (Å²) in [7, 11) is 0. The van der Waals surface area contributed by atoms with Gasteiger partial charge >= 0.3 is 0 Å². The van der Waals surface area contributed by atoms with Gasteiger partial charge in [-0.15, -0.1) is 0 Å². The van der Waals surface area contributed by atoms with Gasteiger partial charge in [0, 0.05) is 25.2 Å². The van der Waals surface area contributed by atoms with Gasteiger partial charge in [0.2, 0.25) is 0 Å². The number of amides is 1. The molecule has 2 heterocycles. The molecule has 0 aliphatic heterocycles. The van der Waals surface area contributed by atoms with Crippen molar-refractivity contribution >= 4 is 17.0 Å². The average Bonchev–Trinajstić information content (AvgIpc) is 3.09. The van der Waals surface area contributed by atoms with Crippen LogP contribution in [0.15, 0.2) is 40.8 Å². The number of hydrogen-bond acceptors (Lipinski definition) is 2. The number of fused-ring (bicyclic) bond motifs is 1. The quantitative estimate of drug-likeness (QED) is 0.700. The second-order valence-electron chi connectivity index (χ2n) is 7.93. The van der Waals surface area contributed by atoms with Crippen molar-refractivity contribution in [2.75, 3.05) is 6.54 Å². The summed E-state index contributed by atoms with van der Waals surface area (Å²) < 4.78 is 7.79. The van der Waals surface area contributed by atoms with E-state index in [0.717, 1.165) is 23.3 Å². The number of carbonyl (C=O) groups is 1. The molecule has 2 aromatic heterocycles. The summed E-state index contributed by atoms with van der Waals surface area (Å²) in [5, 5.41) is 2.97. The Morgan fingerprint density at radius 1 is 1.15 bits per heavy atom. The fourth-order valence-corrected chi connectivity index (χ4v) is 3.15. The Bertz CT molecular complexity index is 908. The lowest BCUT2D eigenvalue weighted by atomic mass is 9.87. The van der Waals surface area contributed by atoms with Crippen molar-refractivity contribution in [2.24, 2.45) is 0 Å². The predicted molar refractivity (Wildman–Crippen MR) is 106 cm³/mol. The molecule has 0 fully saturated rings. The van der Waals surface area contributed by atoms with E-state index >= 15 is 0 Å². The van der Waals surface area contributed by atoms with Crippen LogP contribution in [0.3, 0.4) is 0 Å². The molecule has 4 heteroatoms. The number of furan rings is 1. The summed E-state index contributed by atoms with van der Waals surface area (Å²) in [6.07, 6.45) is 0.913. The number of aryl methyl sites for hydroxylation is 1. The highest BCUT2D eigenvalue weighted by Gasteiger charge is 2.19. The van der Waals surface area contributed by atoms with E-state index in [1.165, 1.54) is 11.1 Å². The van der Waals surface area contributed by atoms with E-state index in [4.69, 9.17) is 4.42 Å². The first-order valence-electron chi connectivity index (χ1n) is 9.27. The molecule has 0 spiro atoms. The Morgan fingerprint density at radius 2 is 1.85 bits per heavy atom.